The number of hydrogen-bond acceptors (Lipinski definition) is 3. The third-order valence-electron chi connectivity index (χ3n) is 5.89. The highest BCUT2D eigenvalue weighted by Crippen LogP contribution is 2.42. The molecule has 30 heavy (non-hydrogen) atoms. The van der Waals surface area contributed by atoms with Gasteiger partial charge in [-0.05, 0) is 60.7 Å². The Labute approximate surface area is 186 Å². The number of carbonyl (C=O) groups is 2. The lowest BCUT2D eigenvalue weighted by Crippen LogP contribution is -2.41. The van der Waals surface area contributed by atoms with E-state index >= 15 is 0 Å². The quantitative estimate of drug-likeness (QED) is 0.617. The first-order valence-electron chi connectivity index (χ1n) is 10.3. The third kappa shape index (κ3) is 4.42. The molecule has 4 rings (SSSR count). The van der Waals surface area contributed by atoms with Crippen molar-refractivity contribution in [2.24, 2.45) is 5.92 Å². The van der Waals surface area contributed by atoms with Crippen LogP contribution in [0.15, 0.2) is 52.3 Å². The molecular formula is C24H25ClN2O2S. The lowest BCUT2D eigenvalue weighted by atomic mass is 9.86. The zero-order valence-corrected chi connectivity index (χ0v) is 18.7. The molecule has 1 fully saturated rings. The Morgan fingerprint density at radius 1 is 1.20 bits per heavy atom. The molecule has 1 aliphatic heterocycles. The Morgan fingerprint density at radius 3 is 2.77 bits per heavy atom. The Bertz CT molecular complexity index is 1020. The summed E-state index contributed by atoms with van der Waals surface area (Å²) in [6.45, 7) is 2.20. The monoisotopic (exact) mass is 440 g/mol. The van der Waals surface area contributed by atoms with Gasteiger partial charge in [-0.25, -0.2) is 0 Å². The minimum atomic E-state index is -0.0917. The zero-order chi connectivity index (χ0) is 21.3. The first-order chi connectivity index (χ1) is 14.4. The molecule has 2 amide bonds. The maximum Gasteiger partial charge on any atom is 0.264 e. The third-order valence-corrected chi connectivity index (χ3v) is 7.20. The largest absolute Gasteiger partial charge is 0.349 e. The van der Waals surface area contributed by atoms with Crippen molar-refractivity contribution in [1.29, 1.82) is 0 Å². The van der Waals surface area contributed by atoms with Gasteiger partial charge in [-0.2, -0.15) is 0 Å². The predicted molar refractivity (Wildman–Crippen MR) is 124 cm³/mol. The highest BCUT2D eigenvalue weighted by molar-refractivity contribution is 8.04. The maximum absolute atomic E-state index is 12.9. The molecule has 1 saturated carbocycles. The molecule has 2 atom stereocenters. The van der Waals surface area contributed by atoms with Crippen LogP contribution in [0, 0.1) is 5.92 Å². The van der Waals surface area contributed by atoms with Gasteiger partial charge in [-0.15, -0.1) is 0 Å². The molecule has 1 N–H and O–H groups in total. The minimum absolute atomic E-state index is 0.0670. The number of thioether (sulfide) groups is 1. The molecule has 0 radical (unpaired) electrons. The van der Waals surface area contributed by atoms with Crippen LogP contribution in [0.5, 0.6) is 0 Å². The van der Waals surface area contributed by atoms with Crippen molar-refractivity contribution >= 4 is 46.9 Å². The summed E-state index contributed by atoms with van der Waals surface area (Å²) in [4.78, 5) is 28.9. The molecule has 6 heteroatoms. The SMILES string of the molecule is C[C@H]1CCCC[C@@H]1NC(=O)c1ccc2c(c1)N(C)C(=O)/C(=C/c1cccc(Cl)c1)S2. The van der Waals surface area contributed by atoms with E-state index < -0.39 is 0 Å². The molecule has 2 aromatic rings. The van der Waals surface area contributed by atoms with Crippen molar-refractivity contribution in [2.45, 2.75) is 43.5 Å². The molecule has 1 aliphatic carbocycles. The van der Waals surface area contributed by atoms with Gasteiger partial charge in [0.15, 0.2) is 0 Å². The van der Waals surface area contributed by atoms with Crippen LogP contribution in [-0.2, 0) is 4.79 Å². The lowest BCUT2D eigenvalue weighted by molar-refractivity contribution is -0.114. The first-order valence-corrected chi connectivity index (χ1v) is 11.5. The Balaban J connectivity index is 1.56. The molecule has 2 aliphatic rings. The van der Waals surface area contributed by atoms with E-state index in [9.17, 15) is 9.59 Å². The van der Waals surface area contributed by atoms with Gasteiger partial charge < -0.3 is 10.2 Å². The van der Waals surface area contributed by atoms with Crippen LogP contribution in [-0.4, -0.2) is 24.9 Å². The van der Waals surface area contributed by atoms with Crippen LogP contribution in [0.3, 0.4) is 0 Å². The van der Waals surface area contributed by atoms with E-state index in [1.54, 1.807) is 11.9 Å². The molecule has 0 saturated heterocycles. The number of benzene rings is 2. The van der Waals surface area contributed by atoms with Gasteiger partial charge in [0.05, 0.1) is 10.6 Å². The van der Waals surface area contributed by atoms with Crippen LogP contribution >= 0.6 is 23.4 Å². The van der Waals surface area contributed by atoms with Crippen LogP contribution < -0.4 is 10.2 Å². The van der Waals surface area contributed by atoms with Crippen molar-refractivity contribution < 1.29 is 9.59 Å². The van der Waals surface area contributed by atoms with E-state index in [0.717, 1.165) is 35.4 Å². The zero-order valence-electron chi connectivity index (χ0n) is 17.2. The second-order valence-electron chi connectivity index (χ2n) is 8.05. The number of fused-ring (bicyclic) bond motifs is 1. The summed E-state index contributed by atoms with van der Waals surface area (Å²) in [5, 5.41) is 3.83. The van der Waals surface area contributed by atoms with Crippen molar-refractivity contribution in [3.63, 3.8) is 0 Å². The maximum atomic E-state index is 12.9. The van der Waals surface area contributed by atoms with E-state index in [-0.39, 0.29) is 17.9 Å². The van der Waals surface area contributed by atoms with Crippen molar-refractivity contribution in [3.8, 4) is 0 Å². The van der Waals surface area contributed by atoms with Crippen molar-refractivity contribution in [3.05, 3.63) is 63.5 Å². The number of amides is 2. The minimum Gasteiger partial charge on any atom is -0.349 e. The number of likely N-dealkylation sites (N-methyl/N-ethyl adjacent to an activating group) is 1. The summed E-state index contributed by atoms with van der Waals surface area (Å²) >= 11 is 7.49. The summed E-state index contributed by atoms with van der Waals surface area (Å²) in [7, 11) is 1.75. The number of nitrogens with one attached hydrogen (secondary N) is 1. The highest BCUT2D eigenvalue weighted by atomic mass is 35.5. The average Bonchev–Trinajstić information content (AvgIpc) is 2.73. The van der Waals surface area contributed by atoms with Gasteiger partial charge in [-0.3, -0.25) is 9.59 Å². The Kier molecular flexibility index (Phi) is 6.21. The van der Waals surface area contributed by atoms with Gasteiger partial charge in [0.2, 0.25) is 0 Å². The molecule has 0 unspecified atom stereocenters. The Morgan fingerprint density at radius 2 is 2.00 bits per heavy atom. The summed E-state index contributed by atoms with van der Waals surface area (Å²) in [6, 6.07) is 13.2. The van der Waals surface area contributed by atoms with Gasteiger partial charge in [0.25, 0.3) is 11.8 Å². The fourth-order valence-corrected chi connectivity index (χ4v) is 5.36. The van der Waals surface area contributed by atoms with Crippen LogP contribution in [0.2, 0.25) is 5.02 Å². The fraction of sp³-hybridized carbons (Fsp3) is 0.333. The lowest BCUT2D eigenvalue weighted by Gasteiger charge is -2.30. The second kappa shape index (κ2) is 8.86. The average molecular weight is 441 g/mol. The van der Waals surface area contributed by atoms with E-state index in [0.29, 0.717) is 21.4 Å². The van der Waals surface area contributed by atoms with E-state index in [4.69, 9.17) is 11.6 Å². The number of halogens is 1. The first kappa shape index (κ1) is 21.0. The molecule has 0 spiro atoms. The topological polar surface area (TPSA) is 49.4 Å². The molecular weight excluding hydrogens is 416 g/mol. The smallest absolute Gasteiger partial charge is 0.264 e. The number of nitrogens with zero attached hydrogens (tertiary/aromatic N) is 1. The molecule has 156 valence electrons. The number of hydrogen-bond donors (Lipinski definition) is 1. The molecule has 0 aromatic heterocycles. The van der Waals surface area contributed by atoms with Crippen molar-refractivity contribution in [1.82, 2.24) is 5.32 Å². The second-order valence-corrected chi connectivity index (χ2v) is 9.57. The summed E-state index contributed by atoms with van der Waals surface area (Å²) in [5.74, 6) is 0.341. The molecule has 1 heterocycles. The molecule has 0 bridgehead atoms. The molecule has 2 aromatic carbocycles. The fourth-order valence-electron chi connectivity index (χ4n) is 4.07. The van der Waals surface area contributed by atoms with Crippen LogP contribution in [0.25, 0.3) is 6.08 Å². The number of carbonyl (C=O) groups excluding carboxylic acids is 2. The van der Waals surface area contributed by atoms with E-state index in [1.807, 2.05) is 48.5 Å². The number of anilines is 1. The summed E-state index contributed by atoms with van der Waals surface area (Å²) in [6.07, 6.45) is 6.44. The van der Waals surface area contributed by atoms with Gasteiger partial charge in [-0.1, -0.05) is 55.3 Å². The predicted octanol–water partition coefficient (Wildman–Crippen LogP) is 5.76. The van der Waals surface area contributed by atoms with Crippen LogP contribution in [0.4, 0.5) is 5.69 Å². The summed E-state index contributed by atoms with van der Waals surface area (Å²) < 4.78 is 0. The van der Waals surface area contributed by atoms with E-state index in [2.05, 4.69) is 12.2 Å². The van der Waals surface area contributed by atoms with Gasteiger partial charge in [0, 0.05) is 28.6 Å². The normalized spacial score (nSPS) is 22.7. The van der Waals surface area contributed by atoms with Gasteiger partial charge in [0.1, 0.15) is 0 Å². The molecule has 4 nitrogen and oxygen atoms in total. The van der Waals surface area contributed by atoms with Gasteiger partial charge >= 0.3 is 0 Å². The highest BCUT2D eigenvalue weighted by Gasteiger charge is 2.28. The van der Waals surface area contributed by atoms with Crippen molar-refractivity contribution in [2.75, 3.05) is 11.9 Å². The van der Waals surface area contributed by atoms with E-state index in [1.165, 1.54) is 18.2 Å². The standard InChI is InChI=1S/C24H25ClN2O2S/c1-15-6-3-4-9-19(15)26-23(28)17-10-11-21-20(14-17)27(2)24(29)22(30-21)13-16-7-5-8-18(25)12-16/h5,7-8,10-15,19H,3-4,6,9H2,1-2H3,(H,26,28)/b22-13-/t15-,19-/m0/s1. The van der Waals surface area contributed by atoms with Crippen LogP contribution in [0.1, 0.15) is 48.5 Å². The number of rotatable bonds is 3. The Hall–Kier alpha value is -2.24. The summed E-state index contributed by atoms with van der Waals surface area (Å²) in [5.41, 5.74) is 2.24.